The third-order valence-electron chi connectivity index (χ3n) is 6.89. The van der Waals surface area contributed by atoms with Crippen LogP contribution in [0.3, 0.4) is 0 Å². The van der Waals surface area contributed by atoms with Crippen molar-refractivity contribution in [3.8, 4) is 0 Å². The van der Waals surface area contributed by atoms with Crippen molar-refractivity contribution < 1.29 is 4.42 Å². The number of nitrogens with two attached hydrogens (primary N) is 1. The highest BCUT2D eigenvalue weighted by Gasteiger charge is 2.22. The molecule has 3 N–H and O–H groups in total. The quantitative estimate of drug-likeness (QED) is 0.367. The van der Waals surface area contributed by atoms with E-state index in [1.165, 1.54) is 21.8 Å². The number of anilines is 2. The molecule has 0 saturated carbocycles. The fourth-order valence-corrected chi connectivity index (χ4v) is 5.07. The SMILES string of the molecule is CCCCn1c(N)c(N(Cc2ccccc2)Cc2cc(=O)oc3cc4c(cc23)CCC4)c(=O)[nH]c1=O. The number of benzene rings is 2. The molecular formula is C28H30N4O4. The maximum Gasteiger partial charge on any atom is 0.336 e. The molecule has 1 aliphatic rings. The summed E-state index contributed by atoms with van der Waals surface area (Å²) in [6.45, 7) is 3.05. The van der Waals surface area contributed by atoms with E-state index in [2.05, 4.69) is 11.1 Å². The van der Waals surface area contributed by atoms with Crippen LogP contribution >= 0.6 is 0 Å². The monoisotopic (exact) mass is 486 g/mol. The van der Waals surface area contributed by atoms with Gasteiger partial charge in [-0.05, 0) is 60.1 Å². The number of nitrogens with zero attached hydrogens (tertiary/aromatic N) is 2. The van der Waals surface area contributed by atoms with Crippen LogP contribution in [0.15, 0.2) is 67.3 Å². The Morgan fingerprint density at radius 3 is 2.53 bits per heavy atom. The zero-order chi connectivity index (χ0) is 25.2. The number of H-pyrrole nitrogens is 1. The highest BCUT2D eigenvalue weighted by atomic mass is 16.4. The van der Waals surface area contributed by atoms with Gasteiger partial charge in [0.15, 0.2) is 0 Å². The zero-order valence-electron chi connectivity index (χ0n) is 20.4. The first-order chi connectivity index (χ1) is 17.4. The average molecular weight is 487 g/mol. The molecule has 1 aliphatic carbocycles. The minimum Gasteiger partial charge on any atom is -0.423 e. The molecule has 186 valence electrons. The van der Waals surface area contributed by atoms with E-state index in [4.69, 9.17) is 10.2 Å². The summed E-state index contributed by atoms with van der Waals surface area (Å²) in [5.74, 6) is 0.126. The summed E-state index contributed by atoms with van der Waals surface area (Å²) in [4.78, 5) is 42.5. The number of hydrogen-bond acceptors (Lipinski definition) is 6. The van der Waals surface area contributed by atoms with Gasteiger partial charge in [-0.3, -0.25) is 14.3 Å². The van der Waals surface area contributed by atoms with E-state index < -0.39 is 16.9 Å². The van der Waals surface area contributed by atoms with E-state index in [0.29, 0.717) is 18.7 Å². The van der Waals surface area contributed by atoms with Crippen molar-refractivity contribution >= 4 is 22.5 Å². The second-order valence-electron chi connectivity index (χ2n) is 9.40. The van der Waals surface area contributed by atoms with Crippen LogP contribution in [0.2, 0.25) is 0 Å². The van der Waals surface area contributed by atoms with Crippen LogP contribution in [0, 0.1) is 0 Å². The molecule has 0 unspecified atom stereocenters. The number of nitrogen functional groups attached to an aromatic ring is 1. The number of aryl methyl sites for hydroxylation is 2. The van der Waals surface area contributed by atoms with Crippen LogP contribution in [0.25, 0.3) is 11.0 Å². The van der Waals surface area contributed by atoms with Crippen LogP contribution < -0.4 is 27.5 Å². The molecule has 0 bridgehead atoms. The third kappa shape index (κ3) is 4.58. The lowest BCUT2D eigenvalue weighted by Gasteiger charge is -2.27. The normalized spacial score (nSPS) is 12.7. The first kappa shape index (κ1) is 23.7. The number of nitrogens with one attached hydrogen (secondary N) is 1. The smallest absolute Gasteiger partial charge is 0.336 e. The molecule has 0 fully saturated rings. The van der Waals surface area contributed by atoms with E-state index in [9.17, 15) is 14.4 Å². The summed E-state index contributed by atoms with van der Waals surface area (Å²) in [5, 5.41) is 0.850. The molecule has 36 heavy (non-hydrogen) atoms. The second kappa shape index (κ2) is 9.89. The minimum atomic E-state index is -0.547. The lowest BCUT2D eigenvalue weighted by molar-refractivity contribution is 0.557. The fraction of sp³-hybridized carbons (Fsp3) is 0.321. The average Bonchev–Trinajstić information content (AvgIpc) is 3.30. The number of aromatic nitrogens is 2. The lowest BCUT2D eigenvalue weighted by atomic mass is 10.0. The van der Waals surface area contributed by atoms with Gasteiger partial charge in [0.1, 0.15) is 17.1 Å². The van der Waals surface area contributed by atoms with Crippen molar-refractivity contribution in [3.63, 3.8) is 0 Å². The summed E-state index contributed by atoms with van der Waals surface area (Å²) in [5.41, 5.74) is 9.93. The van der Waals surface area contributed by atoms with E-state index >= 15 is 0 Å². The van der Waals surface area contributed by atoms with Gasteiger partial charge >= 0.3 is 11.3 Å². The Kier molecular flexibility index (Phi) is 6.50. The van der Waals surface area contributed by atoms with E-state index in [1.54, 1.807) is 0 Å². The summed E-state index contributed by atoms with van der Waals surface area (Å²) >= 11 is 0. The Labute approximate surface area is 208 Å². The summed E-state index contributed by atoms with van der Waals surface area (Å²) in [7, 11) is 0. The number of fused-ring (bicyclic) bond motifs is 2. The molecule has 8 nitrogen and oxygen atoms in total. The van der Waals surface area contributed by atoms with Crippen molar-refractivity contribution in [1.29, 1.82) is 0 Å². The highest BCUT2D eigenvalue weighted by molar-refractivity contribution is 5.83. The van der Waals surface area contributed by atoms with Crippen molar-refractivity contribution in [2.75, 3.05) is 10.6 Å². The van der Waals surface area contributed by atoms with Gasteiger partial charge in [0.05, 0.1) is 0 Å². The van der Waals surface area contributed by atoms with Crippen molar-refractivity contribution in [3.05, 3.63) is 102 Å². The van der Waals surface area contributed by atoms with Crippen LogP contribution in [-0.4, -0.2) is 9.55 Å². The topological polar surface area (TPSA) is 114 Å². The third-order valence-corrected chi connectivity index (χ3v) is 6.89. The Bertz CT molecular complexity index is 1580. The van der Waals surface area contributed by atoms with Gasteiger partial charge in [-0.25, -0.2) is 9.59 Å². The fourth-order valence-electron chi connectivity index (χ4n) is 5.07. The van der Waals surface area contributed by atoms with Crippen molar-refractivity contribution in [2.45, 2.75) is 58.7 Å². The molecular weight excluding hydrogens is 456 g/mol. The van der Waals surface area contributed by atoms with Crippen molar-refractivity contribution in [1.82, 2.24) is 9.55 Å². The van der Waals surface area contributed by atoms with Gasteiger partial charge in [-0.1, -0.05) is 43.7 Å². The molecule has 0 radical (unpaired) electrons. The first-order valence-corrected chi connectivity index (χ1v) is 12.4. The Balaban J connectivity index is 1.65. The molecule has 8 heteroatoms. The molecule has 2 heterocycles. The van der Waals surface area contributed by atoms with Crippen LogP contribution in [0.4, 0.5) is 11.5 Å². The van der Waals surface area contributed by atoms with Crippen LogP contribution in [0.5, 0.6) is 0 Å². The van der Waals surface area contributed by atoms with E-state index in [-0.39, 0.29) is 18.1 Å². The molecule has 0 atom stereocenters. The van der Waals surface area contributed by atoms with E-state index in [0.717, 1.165) is 48.6 Å². The van der Waals surface area contributed by atoms with Gasteiger partial charge in [0.25, 0.3) is 5.56 Å². The molecule has 0 amide bonds. The molecule has 0 saturated heterocycles. The number of aromatic amines is 1. The predicted molar refractivity (Wildman–Crippen MR) is 141 cm³/mol. The first-order valence-electron chi connectivity index (χ1n) is 12.4. The van der Waals surface area contributed by atoms with Crippen LogP contribution in [-0.2, 0) is 32.5 Å². The minimum absolute atomic E-state index is 0.126. The second-order valence-corrected chi connectivity index (χ2v) is 9.40. The molecule has 4 aromatic rings. The maximum atomic E-state index is 13.1. The van der Waals surface area contributed by atoms with Crippen LogP contribution in [0.1, 0.15) is 48.4 Å². The number of unbranched alkanes of at least 4 members (excludes halogenated alkanes) is 1. The lowest BCUT2D eigenvalue weighted by Crippen LogP contribution is -2.38. The van der Waals surface area contributed by atoms with E-state index in [1.807, 2.05) is 48.2 Å². The van der Waals surface area contributed by atoms with Gasteiger partial charge in [0.2, 0.25) is 0 Å². The molecule has 2 aromatic heterocycles. The zero-order valence-corrected chi connectivity index (χ0v) is 20.4. The molecule has 5 rings (SSSR count). The highest BCUT2D eigenvalue weighted by Crippen LogP contribution is 2.30. The number of hydrogen-bond donors (Lipinski definition) is 2. The largest absolute Gasteiger partial charge is 0.423 e. The van der Waals surface area contributed by atoms with Gasteiger partial charge in [-0.2, -0.15) is 0 Å². The summed E-state index contributed by atoms with van der Waals surface area (Å²) in [6, 6.07) is 15.3. The Morgan fingerprint density at radius 2 is 1.78 bits per heavy atom. The van der Waals surface area contributed by atoms with Gasteiger partial charge < -0.3 is 15.1 Å². The maximum absolute atomic E-state index is 13.1. The molecule has 2 aromatic carbocycles. The summed E-state index contributed by atoms with van der Waals surface area (Å²) < 4.78 is 6.97. The molecule has 0 aliphatic heterocycles. The van der Waals surface area contributed by atoms with Crippen molar-refractivity contribution in [2.24, 2.45) is 0 Å². The van der Waals surface area contributed by atoms with Gasteiger partial charge in [0, 0.05) is 31.1 Å². The van der Waals surface area contributed by atoms with Gasteiger partial charge in [-0.15, -0.1) is 0 Å². The number of rotatable bonds is 8. The predicted octanol–water partition coefficient (Wildman–Crippen LogP) is 3.72. The Morgan fingerprint density at radius 1 is 1.03 bits per heavy atom. The standard InChI is InChI=1S/C28H30N4O4/c1-2-3-12-32-26(29)25(27(34)30-28(32)35)31(16-18-8-5-4-6-9-18)17-21-15-24(33)36-23-14-20-11-7-10-19(20)13-22(21)23/h4-6,8-9,13-15H,2-3,7,10-12,16-17,29H2,1H3,(H,30,34,35). The molecule has 0 spiro atoms. The Hall–Kier alpha value is -4.07. The summed E-state index contributed by atoms with van der Waals surface area (Å²) in [6.07, 6.45) is 4.68.